The highest BCUT2D eigenvalue weighted by molar-refractivity contribution is 14.1. The topological polar surface area (TPSA) is 59.9 Å². The zero-order valence-corrected chi connectivity index (χ0v) is 18.2. The standard InChI is InChI=1S/C20H20F3IN2O3/c1-4-28-17-9-13(8-16(24)18(17)29-12(2)3)11-25-26-19(27)14-6-5-7-15(10-14)20(21,22)23/h5-12H,4H2,1-3H3,(H,26,27)/b25-11-. The number of carbonyl (C=O) groups is 1. The molecule has 2 aromatic rings. The fraction of sp³-hybridized carbons (Fsp3) is 0.300. The van der Waals surface area contributed by atoms with Crippen molar-refractivity contribution in [2.75, 3.05) is 6.61 Å². The molecule has 1 amide bonds. The van der Waals surface area contributed by atoms with Crippen LogP contribution < -0.4 is 14.9 Å². The van der Waals surface area contributed by atoms with E-state index in [1.54, 1.807) is 12.1 Å². The van der Waals surface area contributed by atoms with Crippen molar-refractivity contribution in [3.05, 3.63) is 56.7 Å². The first-order valence-electron chi connectivity index (χ1n) is 8.75. The molecule has 29 heavy (non-hydrogen) atoms. The molecule has 0 bridgehead atoms. The zero-order chi connectivity index (χ0) is 21.6. The number of hydrogen-bond acceptors (Lipinski definition) is 4. The van der Waals surface area contributed by atoms with Crippen LogP contribution in [-0.4, -0.2) is 24.8 Å². The lowest BCUT2D eigenvalue weighted by molar-refractivity contribution is -0.137. The number of hydrogen-bond donors (Lipinski definition) is 1. The summed E-state index contributed by atoms with van der Waals surface area (Å²) in [5, 5.41) is 3.84. The van der Waals surface area contributed by atoms with Gasteiger partial charge in [0, 0.05) is 5.56 Å². The van der Waals surface area contributed by atoms with E-state index >= 15 is 0 Å². The van der Waals surface area contributed by atoms with Crippen LogP contribution in [0.5, 0.6) is 11.5 Å². The fourth-order valence-corrected chi connectivity index (χ4v) is 3.09. The Hall–Kier alpha value is -2.30. The second-order valence-electron chi connectivity index (χ2n) is 6.21. The Balaban J connectivity index is 2.16. The average molecular weight is 520 g/mol. The first-order valence-corrected chi connectivity index (χ1v) is 9.83. The third kappa shape index (κ3) is 6.62. The number of halogens is 4. The van der Waals surface area contributed by atoms with Crippen molar-refractivity contribution in [3.63, 3.8) is 0 Å². The van der Waals surface area contributed by atoms with Crippen molar-refractivity contribution >= 4 is 34.7 Å². The lowest BCUT2D eigenvalue weighted by Crippen LogP contribution is -2.18. The van der Waals surface area contributed by atoms with Gasteiger partial charge in [-0.25, -0.2) is 5.43 Å². The summed E-state index contributed by atoms with van der Waals surface area (Å²) < 4.78 is 50.5. The van der Waals surface area contributed by atoms with E-state index < -0.39 is 17.6 Å². The molecule has 2 rings (SSSR count). The Bertz CT molecular complexity index is 899. The van der Waals surface area contributed by atoms with Crippen molar-refractivity contribution in [3.8, 4) is 11.5 Å². The summed E-state index contributed by atoms with van der Waals surface area (Å²) in [6.07, 6.45) is -3.17. The van der Waals surface area contributed by atoms with Gasteiger partial charge in [-0.1, -0.05) is 6.07 Å². The van der Waals surface area contributed by atoms with Gasteiger partial charge in [0.2, 0.25) is 0 Å². The Morgan fingerprint density at radius 3 is 2.62 bits per heavy atom. The maximum absolute atomic E-state index is 12.8. The summed E-state index contributed by atoms with van der Waals surface area (Å²) in [7, 11) is 0. The van der Waals surface area contributed by atoms with Gasteiger partial charge >= 0.3 is 6.18 Å². The van der Waals surface area contributed by atoms with Crippen molar-refractivity contribution < 1.29 is 27.4 Å². The molecule has 2 aromatic carbocycles. The largest absolute Gasteiger partial charge is 0.490 e. The highest BCUT2D eigenvalue weighted by Crippen LogP contribution is 2.34. The third-order valence-electron chi connectivity index (χ3n) is 3.52. The van der Waals surface area contributed by atoms with Crippen LogP contribution in [0.1, 0.15) is 42.3 Å². The van der Waals surface area contributed by atoms with E-state index in [0.717, 1.165) is 15.7 Å². The number of rotatable bonds is 7. The summed E-state index contributed by atoms with van der Waals surface area (Å²) in [6, 6.07) is 7.64. The molecule has 0 saturated heterocycles. The van der Waals surface area contributed by atoms with Gasteiger partial charge in [0.05, 0.1) is 28.1 Å². The van der Waals surface area contributed by atoms with E-state index in [1.165, 1.54) is 18.3 Å². The molecule has 0 saturated carbocycles. The van der Waals surface area contributed by atoms with Crippen molar-refractivity contribution in [2.24, 2.45) is 5.10 Å². The summed E-state index contributed by atoms with van der Waals surface area (Å²) in [5.41, 5.74) is 1.84. The number of ether oxygens (including phenoxy) is 2. The first kappa shape index (κ1) is 23.0. The first-order chi connectivity index (χ1) is 13.6. The highest BCUT2D eigenvalue weighted by atomic mass is 127. The Morgan fingerprint density at radius 2 is 2.00 bits per heavy atom. The lowest BCUT2D eigenvalue weighted by Gasteiger charge is -2.16. The number of nitrogens with one attached hydrogen (secondary N) is 1. The molecule has 0 heterocycles. The Morgan fingerprint density at radius 1 is 1.28 bits per heavy atom. The van der Waals surface area contributed by atoms with E-state index in [1.807, 2.05) is 20.8 Å². The highest BCUT2D eigenvalue weighted by Gasteiger charge is 2.30. The predicted octanol–water partition coefficient (Wildman–Crippen LogP) is 5.26. The van der Waals surface area contributed by atoms with Crippen LogP contribution in [0, 0.1) is 3.57 Å². The van der Waals surface area contributed by atoms with E-state index in [-0.39, 0.29) is 11.7 Å². The molecule has 0 atom stereocenters. The van der Waals surface area contributed by atoms with Gasteiger partial charge in [0.15, 0.2) is 11.5 Å². The van der Waals surface area contributed by atoms with Crippen molar-refractivity contribution in [1.82, 2.24) is 5.43 Å². The van der Waals surface area contributed by atoms with E-state index in [4.69, 9.17) is 9.47 Å². The quantitative estimate of drug-likeness (QED) is 0.308. The summed E-state index contributed by atoms with van der Waals surface area (Å²) in [6.45, 7) is 6.11. The molecule has 0 spiro atoms. The maximum Gasteiger partial charge on any atom is 0.416 e. The molecule has 5 nitrogen and oxygen atoms in total. The lowest BCUT2D eigenvalue weighted by atomic mass is 10.1. The number of benzene rings is 2. The van der Waals surface area contributed by atoms with Crippen molar-refractivity contribution in [2.45, 2.75) is 33.1 Å². The van der Waals surface area contributed by atoms with Crippen molar-refractivity contribution in [1.29, 1.82) is 0 Å². The van der Waals surface area contributed by atoms with Crippen LogP contribution in [-0.2, 0) is 6.18 Å². The minimum atomic E-state index is -4.52. The van der Waals surface area contributed by atoms with Gasteiger partial charge < -0.3 is 9.47 Å². The molecule has 1 N–H and O–H groups in total. The van der Waals surface area contributed by atoms with Gasteiger partial charge in [-0.15, -0.1) is 0 Å². The molecular weight excluding hydrogens is 500 g/mol. The zero-order valence-electron chi connectivity index (χ0n) is 16.0. The van der Waals surface area contributed by atoms with Crippen LogP contribution >= 0.6 is 22.6 Å². The average Bonchev–Trinajstić information content (AvgIpc) is 2.64. The van der Waals surface area contributed by atoms with E-state index in [0.29, 0.717) is 23.7 Å². The number of carbonyl (C=O) groups excluding carboxylic acids is 1. The van der Waals surface area contributed by atoms with Gasteiger partial charge in [-0.05, 0) is 79.3 Å². The molecule has 0 radical (unpaired) electrons. The second-order valence-corrected chi connectivity index (χ2v) is 7.37. The summed E-state index contributed by atoms with van der Waals surface area (Å²) in [4.78, 5) is 12.1. The second kappa shape index (κ2) is 9.95. The van der Waals surface area contributed by atoms with Gasteiger partial charge in [0.25, 0.3) is 5.91 Å². The molecule has 0 fully saturated rings. The Kier molecular flexibility index (Phi) is 7.88. The molecule has 0 unspecified atom stereocenters. The van der Waals surface area contributed by atoms with E-state index in [9.17, 15) is 18.0 Å². The molecular formula is C20H20F3IN2O3. The SMILES string of the molecule is CCOc1cc(/C=N\NC(=O)c2cccc(C(F)(F)F)c2)cc(I)c1OC(C)C. The summed E-state index contributed by atoms with van der Waals surface area (Å²) in [5.74, 6) is 0.415. The monoisotopic (exact) mass is 520 g/mol. The van der Waals surface area contributed by atoms with Gasteiger partial charge in [-0.2, -0.15) is 18.3 Å². The molecule has 0 aliphatic heterocycles. The Labute approximate surface area is 180 Å². The van der Waals surface area contributed by atoms with Gasteiger partial charge in [0.1, 0.15) is 0 Å². The third-order valence-corrected chi connectivity index (χ3v) is 4.32. The van der Waals surface area contributed by atoms with E-state index in [2.05, 4.69) is 33.1 Å². The summed E-state index contributed by atoms with van der Waals surface area (Å²) >= 11 is 2.11. The van der Waals surface area contributed by atoms with Crippen LogP contribution in [0.25, 0.3) is 0 Å². The van der Waals surface area contributed by atoms with Crippen LogP contribution in [0.2, 0.25) is 0 Å². The number of alkyl halides is 3. The van der Waals surface area contributed by atoms with Crippen LogP contribution in [0.3, 0.4) is 0 Å². The van der Waals surface area contributed by atoms with Crippen LogP contribution in [0.4, 0.5) is 13.2 Å². The van der Waals surface area contributed by atoms with Gasteiger partial charge in [-0.3, -0.25) is 4.79 Å². The molecule has 0 aromatic heterocycles. The predicted molar refractivity (Wildman–Crippen MR) is 113 cm³/mol. The minimum Gasteiger partial charge on any atom is -0.490 e. The number of amides is 1. The number of nitrogens with zero attached hydrogens (tertiary/aromatic N) is 1. The fourth-order valence-electron chi connectivity index (χ4n) is 2.34. The minimum absolute atomic E-state index is 0.0333. The molecule has 0 aliphatic rings. The molecule has 156 valence electrons. The molecule has 0 aliphatic carbocycles. The normalized spacial score (nSPS) is 11.7. The number of hydrazone groups is 1. The van der Waals surface area contributed by atoms with Crippen LogP contribution in [0.15, 0.2) is 41.5 Å². The smallest absolute Gasteiger partial charge is 0.416 e. The molecule has 9 heteroatoms. The maximum atomic E-state index is 12.8.